The van der Waals surface area contributed by atoms with Gasteiger partial charge in [0.25, 0.3) is 10.1 Å². The van der Waals surface area contributed by atoms with Crippen molar-refractivity contribution in [2.45, 2.75) is 36.7 Å². The first-order valence-electron chi connectivity index (χ1n) is 5.86. The molecule has 7 heteroatoms. The Morgan fingerprint density at radius 1 is 1.32 bits per heavy atom. The van der Waals surface area contributed by atoms with Crippen molar-refractivity contribution in [3.8, 4) is 0 Å². The highest BCUT2D eigenvalue weighted by Crippen LogP contribution is 2.21. The fourth-order valence-corrected chi connectivity index (χ4v) is 2.71. The monoisotopic (exact) mass is 288 g/mol. The van der Waals surface area contributed by atoms with E-state index in [4.69, 9.17) is 14.0 Å². The molecule has 1 aliphatic rings. The lowest BCUT2D eigenvalue weighted by Gasteiger charge is -2.13. The Morgan fingerprint density at radius 2 is 1.95 bits per heavy atom. The van der Waals surface area contributed by atoms with Crippen LogP contribution in [0.25, 0.3) is 0 Å². The van der Waals surface area contributed by atoms with E-state index in [0.717, 1.165) is 5.56 Å². The third kappa shape index (κ3) is 3.52. The topological polar surface area (TPSA) is 93.1 Å². The zero-order valence-corrected chi connectivity index (χ0v) is 11.2. The molecule has 0 aliphatic carbocycles. The van der Waals surface area contributed by atoms with Gasteiger partial charge in [-0.1, -0.05) is 17.7 Å². The third-order valence-electron chi connectivity index (χ3n) is 2.90. The van der Waals surface area contributed by atoms with Crippen LogP contribution in [-0.2, 0) is 19.0 Å². The van der Waals surface area contributed by atoms with E-state index in [0.29, 0.717) is 0 Å². The first-order valence-corrected chi connectivity index (χ1v) is 7.27. The summed E-state index contributed by atoms with van der Waals surface area (Å²) >= 11 is 0. The Balaban J connectivity index is 2.00. The van der Waals surface area contributed by atoms with Crippen molar-refractivity contribution < 1.29 is 27.6 Å². The van der Waals surface area contributed by atoms with Crippen molar-refractivity contribution in [1.82, 2.24) is 0 Å². The summed E-state index contributed by atoms with van der Waals surface area (Å²) in [6.07, 6.45) is -2.79. The molecule has 0 spiro atoms. The van der Waals surface area contributed by atoms with E-state index in [1.165, 1.54) is 12.1 Å². The Kier molecular flexibility index (Phi) is 4.22. The molecule has 1 unspecified atom stereocenters. The number of hydrogen-bond donors (Lipinski definition) is 2. The average molecular weight is 288 g/mol. The van der Waals surface area contributed by atoms with Crippen LogP contribution in [0.15, 0.2) is 29.2 Å². The summed E-state index contributed by atoms with van der Waals surface area (Å²) in [6.45, 7) is 1.52. The van der Waals surface area contributed by atoms with Crippen molar-refractivity contribution in [3.05, 3.63) is 29.8 Å². The molecule has 0 radical (unpaired) electrons. The molecular formula is C12H16O6S. The van der Waals surface area contributed by atoms with Gasteiger partial charge in [-0.3, -0.25) is 4.18 Å². The molecule has 3 atom stereocenters. The summed E-state index contributed by atoms with van der Waals surface area (Å²) in [5.41, 5.74) is 0.941. The number of rotatable bonds is 4. The van der Waals surface area contributed by atoms with Crippen molar-refractivity contribution in [2.75, 3.05) is 6.61 Å². The zero-order valence-electron chi connectivity index (χ0n) is 10.4. The molecule has 2 rings (SSSR count). The number of hydrogen-bond acceptors (Lipinski definition) is 6. The highest BCUT2D eigenvalue weighted by Gasteiger charge is 2.34. The van der Waals surface area contributed by atoms with Crippen LogP contribution >= 0.6 is 0 Å². The van der Waals surface area contributed by atoms with Gasteiger partial charge < -0.3 is 14.9 Å². The lowest BCUT2D eigenvalue weighted by atomic mass is 10.2. The lowest BCUT2D eigenvalue weighted by Crippen LogP contribution is -2.28. The molecule has 1 fully saturated rings. The molecule has 1 heterocycles. The SMILES string of the molecule is Cc1ccc(S(=O)(=O)OC[C@H]2OC(O)C[C@@H]2O)cc1. The van der Waals surface area contributed by atoms with Crippen LogP contribution in [0.2, 0.25) is 0 Å². The van der Waals surface area contributed by atoms with Gasteiger partial charge in [-0.25, -0.2) is 0 Å². The standard InChI is InChI=1S/C12H16O6S/c1-8-2-4-9(5-3-8)19(15,16)17-7-11-10(13)6-12(14)18-11/h2-5,10-14H,6-7H2,1H3/t10-,11+,12?/m0/s1. The molecule has 19 heavy (non-hydrogen) atoms. The second-order valence-corrected chi connectivity index (χ2v) is 6.10. The van der Waals surface area contributed by atoms with E-state index in [9.17, 15) is 13.5 Å². The van der Waals surface area contributed by atoms with Crippen LogP contribution in [0.4, 0.5) is 0 Å². The van der Waals surface area contributed by atoms with Gasteiger partial charge in [0.2, 0.25) is 0 Å². The third-order valence-corrected chi connectivity index (χ3v) is 4.20. The Hall–Kier alpha value is -0.990. The molecule has 0 aromatic heterocycles. The van der Waals surface area contributed by atoms with Crippen LogP contribution in [0.3, 0.4) is 0 Å². The van der Waals surface area contributed by atoms with E-state index in [-0.39, 0.29) is 17.9 Å². The molecular weight excluding hydrogens is 272 g/mol. The Labute approximate surface area is 111 Å². The molecule has 106 valence electrons. The van der Waals surface area contributed by atoms with Crippen molar-refractivity contribution in [3.63, 3.8) is 0 Å². The molecule has 1 saturated heterocycles. The van der Waals surface area contributed by atoms with E-state index in [2.05, 4.69) is 0 Å². The summed E-state index contributed by atoms with van der Waals surface area (Å²) in [4.78, 5) is 0.0473. The van der Waals surface area contributed by atoms with Crippen LogP contribution in [0.1, 0.15) is 12.0 Å². The van der Waals surface area contributed by atoms with Gasteiger partial charge in [0.15, 0.2) is 6.29 Å². The average Bonchev–Trinajstić information content (AvgIpc) is 2.66. The van der Waals surface area contributed by atoms with E-state index in [1.807, 2.05) is 6.92 Å². The molecule has 0 amide bonds. The summed E-state index contributed by atoms with van der Waals surface area (Å²) in [5, 5.41) is 18.7. The first-order chi connectivity index (χ1) is 8.88. The van der Waals surface area contributed by atoms with Crippen LogP contribution in [0.5, 0.6) is 0 Å². The minimum Gasteiger partial charge on any atom is -0.390 e. The number of ether oxygens (including phenoxy) is 1. The van der Waals surface area contributed by atoms with E-state index in [1.54, 1.807) is 12.1 Å². The summed E-state index contributed by atoms with van der Waals surface area (Å²) in [6, 6.07) is 6.23. The van der Waals surface area contributed by atoms with Gasteiger partial charge in [-0.15, -0.1) is 0 Å². The normalized spacial score (nSPS) is 27.6. The predicted octanol–water partition coefficient (Wildman–Crippen LogP) is 0.169. The summed E-state index contributed by atoms with van der Waals surface area (Å²) in [7, 11) is -3.88. The van der Waals surface area contributed by atoms with Crippen molar-refractivity contribution >= 4 is 10.1 Å². The second-order valence-electron chi connectivity index (χ2n) is 4.48. The highest BCUT2D eigenvalue weighted by atomic mass is 32.2. The molecule has 0 saturated carbocycles. The van der Waals surface area contributed by atoms with Crippen LogP contribution < -0.4 is 0 Å². The number of aliphatic hydroxyl groups is 2. The van der Waals surface area contributed by atoms with Gasteiger partial charge in [0.05, 0.1) is 17.6 Å². The second kappa shape index (κ2) is 5.56. The molecule has 1 aromatic rings. The number of aliphatic hydroxyl groups excluding tert-OH is 2. The molecule has 0 bridgehead atoms. The smallest absolute Gasteiger partial charge is 0.297 e. The molecule has 6 nitrogen and oxygen atoms in total. The maximum absolute atomic E-state index is 11.9. The van der Waals surface area contributed by atoms with Gasteiger partial charge in [-0.2, -0.15) is 8.42 Å². The van der Waals surface area contributed by atoms with Gasteiger partial charge in [0, 0.05) is 6.42 Å². The zero-order chi connectivity index (χ0) is 14.0. The first kappa shape index (κ1) is 14.4. The van der Waals surface area contributed by atoms with Gasteiger partial charge >= 0.3 is 0 Å². The fourth-order valence-electron chi connectivity index (χ4n) is 1.79. The largest absolute Gasteiger partial charge is 0.390 e. The molecule has 1 aliphatic heterocycles. The Morgan fingerprint density at radius 3 is 2.47 bits per heavy atom. The minimum absolute atomic E-state index is 0.0473. The summed E-state index contributed by atoms with van der Waals surface area (Å²) in [5.74, 6) is 0. The van der Waals surface area contributed by atoms with Crippen molar-refractivity contribution in [1.29, 1.82) is 0 Å². The van der Waals surface area contributed by atoms with Crippen LogP contribution in [0, 0.1) is 6.92 Å². The van der Waals surface area contributed by atoms with E-state index < -0.39 is 28.6 Å². The maximum Gasteiger partial charge on any atom is 0.297 e. The van der Waals surface area contributed by atoms with Gasteiger partial charge in [-0.05, 0) is 19.1 Å². The summed E-state index contributed by atoms with van der Waals surface area (Å²) < 4.78 is 33.5. The predicted molar refractivity (Wildman–Crippen MR) is 65.8 cm³/mol. The highest BCUT2D eigenvalue weighted by molar-refractivity contribution is 7.86. The molecule has 2 N–H and O–H groups in total. The Bertz CT molecular complexity index is 524. The number of aryl methyl sites for hydroxylation is 1. The fraction of sp³-hybridized carbons (Fsp3) is 0.500. The van der Waals surface area contributed by atoms with Gasteiger partial charge in [0.1, 0.15) is 6.10 Å². The quantitative estimate of drug-likeness (QED) is 0.767. The minimum atomic E-state index is -3.88. The maximum atomic E-state index is 11.9. The van der Waals surface area contributed by atoms with E-state index >= 15 is 0 Å². The number of benzene rings is 1. The van der Waals surface area contributed by atoms with Crippen molar-refractivity contribution in [2.24, 2.45) is 0 Å². The lowest BCUT2D eigenvalue weighted by molar-refractivity contribution is -0.104. The molecule has 1 aromatic carbocycles. The van der Waals surface area contributed by atoms with Crippen LogP contribution in [-0.4, -0.2) is 43.7 Å².